The first-order valence-electron chi connectivity index (χ1n) is 11.5. The van der Waals surface area contributed by atoms with Crippen LogP contribution in [0.3, 0.4) is 0 Å². The number of hydrogen-bond donors (Lipinski definition) is 4. The summed E-state index contributed by atoms with van der Waals surface area (Å²) >= 11 is 0. The van der Waals surface area contributed by atoms with Crippen LogP contribution in [0.15, 0.2) is 24.4 Å². The number of benzene rings is 1. The molecule has 2 aromatic heterocycles. The zero-order chi connectivity index (χ0) is 23.4. The van der Waals surface area contributed by atoms with Gasteiger partial charge in [0.1, 0.15) is 11.3 Å². The van der Waals surface area contributed by atoms with E-state index in [1.807, 2.05) is 10.9 Å². The average Bonchev–Trinajstić information content (AvgIpc) is 3.15. The van der Waals surface area contributed by atoms with Gasteiger partial charge in [-0.3, -0.25) is 9.58 Å². The maximum absolute atomic E-state index is 9.07. The Morgan fingerprint density at radius 2 is 2.09 bits per heavy atom. The van der Waals surface area contributed by atoms with E-state index in [4.69, 9.17) is 26.4 Å². The minimum Gasteiger partial charge on any atom is -0.496 e. The molecular weight excluding hydrogens is 420 g/mol. The van der Waals surface area contributed by atoms with E-state index in [2.05, 4.69) is 45.3 Å². The quantitative estimate of drug-likeness (QED) is 0.319. The van der Waals surface area contributed by atoms with Crippen LogP contribution in [0.2, 0.25) is 0 Å². The summed E-state index contributed by atoms with van der Waals surface area (Å²) in [6.45, 7) is 5.83. The van der Waals surface area contributed by atoms with Gasteiger partial charge in [0.2, 0.25) is 5.95 Å². The first-order chi connectivity index (χ1) is 16.0. The number of fused-ring (bicyclic) bond motifs is 1. The molecule has 4 rings (SSSR count). The molecule has 0 saturated carbocycles. The molecule has 1 fully saturated rings. The maximum atomic E-state index is 9.07. The minimum atomic E-state index is -0.226. The fraction of sp³-hybridized carbons (Fsp3) is 0.522. The number of nitrogens with zero attached hydrogens (tertiary/aromatic N) is 5. The Hall–Kier alpha value is -2.95. The van der Waals surface area contributed by atoms with E-state index in [-0.39, 0.29) is 18.7 Å². The fourth-order valence-electron chi connectivity index (χ4n) is 4.34. The first kappa shape index (κ1) is 23.2. The zero-order valence-corrected chi connectivity index (χ0v) is 19.4. The minimum absolute atomic E-state index is 0.183. The second kappa shape index (κ2) is 10.3. The van der Waals surface area contributed by atoms with E-state index in [9.17, 15) is 0 Å². The Morgan fingerprint density at radius 1 is 1.27 bits per heavy atom. The number of nitrogens with two attached hydrogens (primary N) is 2. The van der Waals surface area contributed by atoms with Crippen LogP contribution in [-0.2, 0) is 13.1 Å². The number of ether oxygens (including phenoxy) is 1. The van der Waals surface area contributed by atoms with Gasteiger partial charge in [0, 0.05) is 31.8 Å². The number of methoxy groups -OCH3 is 1. The first-order valence-corrected chi connectivity index (χ1v) is 11.5. The van der Waals surface area contributed by atoms with Gasteiger partial charge in [-0.25, -0.2) is 4.98 Å². The molecule has 1 atom stereocenters. The third-order valence-corrected chi connectivity index (χ3v) is 6.01. The number of aromatic nitrogens is 4. The normalized spacial score (nSPS) is 15.5. The van der Waals surface area contributed by atoms with Gasteiger partial charge in [0.15, 0.2) is 11.3 Å². The van der Waals surface area contributed by atoms with Gasteiger partial charge >= 0.3 is 0 Å². The molecule has 1 saturated heterocycles. The van der Waals surface area contributed by atoms with Crippen molar-refractivity contribution in [2.75, 3.05) is 37.9 Å². The topological polar surface area (TPSA) is 140 Å². The molecule has 3 heterocycles. The summed E-state index contributed by atoms with van der Waals surface area (Å²) < 4.78 is 7.50. The predicted molar refractivity (Wildman–Crippen MR) is 129 cm³/mol. The number of nitrogen functional groups attached to an aromatic ring is 1. The number of nitrogens with one attached hydrogen (secondary N) is 1. The molecule has 10 heteroatoms. The summed E-state index contributed by atoms with van der Waals surface area (Å²) in [5, 5.41) is 17.0. The molecule has 3 aromatic rings. The number of rotatable bonds is 11. The molecule has 33 heavy (non-hydrogen) atoms. The smallest absolute Gasteiger partial charge is 0.222 e. The Morgan fingerprint density at radius 3 is 2.82 bits per heavy atom. The van der Waals surface area contributed by atoms with Crippen molar-refractivity contribution in [3.63, 3.8) is 0 Å². The third kappa shape index (κ3) is 5.52. The number of hydrogen-bond acceptors (Lipinski definition) is 9. The van der Waals surface area contributed by atoms with Crippen LogP contribution < -0.4 is 21.5 Å². The van der Waals surface area contributed by atoms with Crippen LogP contribution >= 0.6 is 0 Å². The second-order valence-corrected chi connectivity index (χ2v) is 8.75. The zero-order valence-electron chi connectivity index (χ0n) is 19.4. The van der Waals surface area contributed by atoms with Crippen molar-refractivity contribution in [3.8, 4) is 5.75 Å². The standard InChI is InChI=1S/C23H34N8O2/c1-3-4-20(24)27-22-21-18(26-23(25)28-22)14-31(29-21)13-17-6-5-15(9-19(17)33-2)10-30-11-16(12-30)7-8-32/h5-6,9,14,16,20,32H,3-4,7-8,10-13,24H2,1-2H3,(H3,25,26,27,28). The molecule has 0 amide bonds. The Kier molecular flexibility index (Phi) is 7.26. The highest BCUT2D eigenvalue weighted by Crippen LogP contribution is 2.27. The van der Waals surface area contributed by atoms with Crippen molar-refractivity contribution >= 4 is 22.8 Å². The van der Waals surface area contributed by atoms with E-state index < -0.39 is 0 Å². The van der Waals surface area contributed by atoms with E-state index in [0.717, 1.165) is 50.2 Å². The predicted octanol–water partition coefficient (Wildman–Crippen LogP) is 1.78. The Balaban J connectivity index is 1.49. The Bertz CT molecular complexity index is 1080. The third-order valence-electron chi connectivity index (χ3n) is 6.01. The summed E-state index contributed by atoms with van der Waals surface area (Å²) in [5.41, 5.74) is 15.6. The van der Waals surface area contributed by atoms with Crippen molar-refractivity contribution in [1.82, 2.24) is 24.6 Å². The average molecular weight is 455 g/mol. The van der Waals surface area contributed by atoms with Gasteiger partial charge < -0.3 is 26.6 Å². The summed E-state index contributed by atoms with van der Waals surface area (Å²) in [4.78, 5) is 11.0. The lowest BCUT2D eigenvalue weighted by Crippen LogP contribution is -2.46. The monoisotopic (exact) mass is 454 g/mol. The van der Waals surface area contributed by atoms with Gasteiger partial charge in [0.25, 0.3) is 0 Å². The maximum Gasteiger partial charge on any atom is 0.222 e. The molecule has 1 aliphatic rings. The van der Waals surface area contributed by atoms with Crippen molar-refractivity contribution in [1.29, 1.82) is 0 Å². The SMILES string of the molecule is CCCC(N)Nc1nc(N)nc2cn(Cc3ccc(CN4CC(CCO)C4)cc3OC)nc12. The lowest BCUT2D eigenvalue weighted by Gasteiger charge is -2.39. The van der Waals surface area contributed by atoms with Crippen molar-refractivity contribution in [2.24, 2.45) is 11.7 Å². The largest absolute Gasteiger partial charge is 0.496 e. The van der Waals surface area contributed by atoms with E-state index >= 15 is 0 Å². The van der Waals surface area contributed by atoms with Crippen LogP contribution in [0.5, 0.6) is 5.75 Å². The van der Waals surface area contributed by atoms with Gasteiger partial charge in [-0.05, 0) is 30.4 Å². The van der Waals surface area contributed by atoms with Crippen molar-refractivity contribution in [2.45, 2.75) is 45.4 Å². The second-order valence-electron chi connectivity index (χ2n) is 8.75. The molecule has 6 N–H and O–H groups in total. The molecule has 1 unspecified atom stereocenters. The van der Waals surface area contributed by atoms with E-state index in [1.54, 1.807) is 7.11 Å². The molecular formula is C23H34N8O2. The van der Waals surface area contributed by atoms with Crippen LogP contribution in [0.25, 0.3) is 11.0 Å². The molecule has 178 valence electrons. The summed E-state index contributed by atoms with van der Waals surface area (Å²) in [7, 11) is 1.69. The van der Waals surface area contributed by atoms with Crippen LogP contribution in [0, 0.1) is 5.92 Å². The highest BCUT2D eigenvalue weighted by molar-refractivity contribution is 5.85. The molecule has 0 spiro atoms. The fourth-order valence-corrected chi connectivity index (χ4v) is 4.34. The number of anilines is 2. The Labute approximate surface area is 193 Å². The molecule has 1 aromatic carbocycles. The van der Waals surface area contributed by atoms with Gasteiger partial charge in [-0.15, -0.1) is 0 Å². The van der Waals surface area contributed by atoms with Crippen molar-refractivity contribution < 1.29 is 9.84 Å². The lowest BCUT2D eigenvalue weighted by atomic mass is 9.96. The van der Waals surface area contributed by atoms with E-state index in [1.165, 1.54) is 5.56 Å². The van der Waals surface area contributed by atoms with Crippen LogP contribution in [-0.4, -0.2) is 62.7 Å². The van der Waals surface area contributed by atoms with Gasteiger partial charge in [-0.2, -0.15) is 10.1 Å². The lowest BCUT2D eigenvalue weighted by molar-refractivity contribution is 0.0723. The molecule has 0 aliphatic carbocycles. The number of likely N-dealkylation sites (tertiary alicyclic amines) is 1. The summed E-state index contributed by atoms with van der Waals surface area (Å²) in [6.07, 6.45) is 4.29. The van der Waals surface area contributed by atoms with Crippen molar-refractivity contribution in [3.05, 3.63) is 35.5 Å². The van der Waals surface area contributed by atoms with Gasteiger partial charge in [-0.1, -0.05) is 25.5 Å². The summed E-state index contributed by atoms with van der Waals surface area (Å²) in [6, 6.07) is 6.31. The highest BCUT2D eigenvalue weighted by atomic mass is 16.5. The highest BCUT2D eigenvalue weighted by Gasteiger charge is 2.26. The number of aliphatic hydroxyl groups excluding tert-OH is 1. The van der Waals surface area contributed by atoms with Crippen LogP contribution in [0.4, 0.5) is 11.8 Å². The molecule has 1 aliphatic heterocycles. The summed E-state index contributed by atoms with van der Waals surface area (Å²) in [5.74, 6) is 2.17. The number of aliphatic hydroxyl groups is 1. The van der Waals surface area contributed by atoms with Gasteiger partial charge in [0.05, 0.1) is 26.0 Å². The van der Waals surface area contributed by atoms with E-state index in [0.29, 0.717) is 29.3 Å². The van der Waals surface area contributed by atoms with Crippen LogP contribution in [0.1, 0.15) is 37.3 Å². The molecule has 0 bridgehead atoms. The molecule has 10 nitrogen and oxygen atoms in total. The molecule has 0 radical (unpaired) electrons.